The molecule has 3 aromatic carbocycles. The highest BCUT2D eigenvalue weighted by Gasteiger charge is 2.15. The van der Waals surface area contributed by atoms with E-state index in [4.69, 9.17) is 28.4 Å². The average molecular weight is 868 g/mol. The van der Waals surface area contributed by atoms with Gasteiger partial charge in [-0.3, -0.25) is 14.4 Å². The second kappa shape index (κ2) is 30.5. The van der Waals surface area contributed by atoms with E-state index in [-0.39, 0.29) is 35.9 Å². The number of benzene rings is 3. The van der Waals surface area contributed by atoms with Crippen LogP contribution in [0.3, 0.4) is 0 Å². The van der Waals surface area contributed by atoms with Gasteiger partial charge in [0.1, 0.15) is 34.5 Å². The van der Waals surface area contributed by atoms with E-state index in [9.17, 15) is 14.4 Å². The van der Waals surface area contributed by atoms with E-state index in [2.05, 4.69) is 35.7 Å². The molecule has 0 N–H and O–H groups in total. The molecule has 0 aliphatic carbocycles. The molecule has 12 nitrogen and oxygen atoms in total. The molecule has 342 valence electrons. The lowest BCUT2D eigenvalue weighted by Crippen LogP contribution is -2.07. The predicted octanol–water partition coefficient (Wildman–Crippen LogP) is 14.4. The van der Waals surface area contributed by atoms with E-state index < -0.39 is 0 Å². The molecule has 0 atom stereocenters. The van der Waals surface area contributed by atoms with Gasteiger partial charge in [0, 0.05) is 19.3 Å². The summed E-state index contributed by atoms with van der Waals surface area (Å²) in [5.41, 5.74) is 0. The number of hydrogen-bond acceptors (Lipinski definition) is 12. The zero-order valence-corrected chi connectivity index (χ0v) is 37.9. The van der Waals surface area contributed by atoms with Gasteiger partial charge in [-0.2, -0.15) is 0 Å². The molecule has 1 aromatic heterocycles. The molecule has 0 amide bonds. The van der Waals surface area contributed by atoms with E-state index in [0.717, 1.165) is 57.8 Å². The first kappa shape index (κ1) is 50.1. The van der Waals surface area contributed by atoms with Crippen LogP contribution in [0, 0.1) is 0 Å². The van der Waals surface area contributed by atoms with Crippen molar-refractivity contribution in [1.82, 2.24) is 15.0 Å². The number of carbonyl (C=O) groups excluding carboxylic acids is 3. The molecule has 0 aliphatic heterocycles. The predicted molar refractivity (Wildman–Crippen MR) is 244 cm³/mol. The quantitative estimate of drug-likeness (QED) is 0.0255. The van der Waals surface area contributed by atoms with E-state index in [1.165, 1.54) is 77.0 Å². The van der Waals surface area contributed by atoms with Crippen molar-refractivity contribution in [3.05, 3.63) is 72.8 Å². The summed E-state index contributed by atoms with van der Waals surface area (Å²) in [4.78, 5) is 50.4. The molecule has 0 bridgehead atoms. The van der Waals surface area contributed by atoms with Gasteiger partial charge in [-0.1, -0.05) is 136 Å². The summed E-state index contributed by atoms with van der Waals surface area (Å²) in [6, 6.07) is 19.3. The maximum Gasteiger partial charge on any atom is 0.331 e. The highest BCUT2D eigenvalue weighted by Crippen LogP contribution is 2.30. The Bertz CT molecular complexity index is 1660. The van der Waals surface area contributed by atoms with Crippen LogP contribution >= 0.6 is 0 Å². The summed E-state index contributed by atoms with van der Waals surface area (Å²) in [5, 5.41) is 0. The Morgan fingerprint density at radius 2 is 0.524 bits per heavy atom. The number of unbranched alkanes of at least 4 members (excludes halogenated alkanes) is 18. The van der Waals surface area contributed by atoms with Crippen LogP contribution in [0.1, 0.15) is 175 Å². The Kier molecular flexibility index (Phi) is 24.3. The number of esters is 3. The van der Waals surface area contributed by atoms with Crippen molar-refractivity contribution in [3.8, 4) is 52.5 Å². The summed E-state index contributed by atoms with van der Waals surface area (Å²) >= 11 is 0. The molecule has 0 saturated heterocycles. The Morgan fingerprint density at radius 1 is 0.317 bits per heavy atom. The third kappa shape index (κ3) is 21.9. The van der Waals surface area contributed by atoms with Gasteiger partial charge in [-0.05, 0) is 92.1 Å². The van der Waals surface area contributed by atoms with E-state index in [0.29, 0.717) is 53.8 Å². The minimum Gasteiger partial charge on any atom is -0.427 e. The highest BCUT2D eigenvalue weighted by atomic mass is 16.6. The van der Waals surface area contributed by atoms with Crippen LogP contribution in [-0.4, -0.2) is 32.9 Å². The van der Waals surface area contributed by atoms with E-state index >= 15 is 0 Å². The molecule has 1 heterocycles. The lowest BCUT2D eigenvalue weighted by atomic mass is 10.1. The summed E-state index contributed by atoms with van der Waals surface area (Å²) < 4.78 is 34.6. The fourth-order valence-corrected chi connectivity index (χ4v) is 6.73. The van der Waals surface area contributed by atoms with Crippen LogP contribution in [0.15, 0.2) is 72.8 Å². The van der Waals surface area contributed by atoms with Gasteiger partial charge in [0.15, 0.2) is 0 Å². The number of aromatic nitrogens is 3. The van der Waals surface area contributed by atoms with Gasteiger partial charge < -0.3 is 28.4 Å². The third-order valence-corrected chi connectivity index (χ3v) is 10.3. The van der Waals surface area contributed by atoms with Gasteiger partial charge in [-0.15, -0.1) is 15.0 Å². The second-order valence-electron chi connectivity index (χ2n) is 15.9. The monoisotopic (exact) mass is 868 g/mol. The fourth-order valence-electron chi connectivity index (χ4n) is 6.73. The van der Waals surface area contributed by atoms with Crippen LogP contribution in [-0.2, 0) is 14.4 Å². The Hall–Kier alpha value is -5.52. The van der Waals surface area contributed by atoms with Gasteiger partial charge in [0.25, 0.3) is 0 Å². The van der Waals surface area contributed by atoms with Crippen molar-refractivity contribution in [2.75, 3.05) is 0 Å². The zero-order valence-electron chi connectivity index (χ0n) is 37.9. The second-order valence-corrected chi connectivity index (χ2v) is 15.9. The van der Waals surface area contributed by atoms with Crippen LogP contribution in [0.4, 0.5) is 0 Å². The first-order valence-corrected chi connectivity index (χ1v) is 23.5. The minimum atomic E-state index is -0.275. The van der Waals surface area contributed by atoms with Crippen molar-refractivity contribution in [2.45, 2.75) is 175 Å². The molecular weight excluding hydrogens is 799 g/mol. The smallest absolute Gasteiger partial charge is 0.331 e. The topological polar surface area (TPSA) is 145 Å². The van der Waals surface area contributed by atoms with Crippen LogP contribution < -0.4 is 28.4 Å². The van der Waals surface area contributed by atoms with Crippen molar-refractivity contribution in [2.24, 2.45) is 0 Å². The Morgan fingerprint density at radius 3 is 0.762 bits per heavy atom. The number of hydrogen-bond donors (Lipinski definition) is 0. The van der Waals surface area contributed by atoms with Crippen LogP contribution in [0.5, 0.6) is 52.5 Å². The summed E-state index contributed by atoms with van der Waals surface area (Å²) in [7, 11) is 0. The molecule has 0 unspecified atom stereocenters. The van der Waals surface area contributed by atoms with Crippen molar-refractivity contribution >= 4 is 17.9 Å². The first-order chi connectivity index (χ1) is 30.8. The van der Waals surface area contributed by atoms with Gasteiger partial charge in [0.2, 0.25) is 0 Å². The van der Waals surface area contributed by atoms with Crippen molar-refractivity contribution < 1.29 is 42.8 Å². The molecule has 12 heteroatoms. The van der Waals surface area contributed by atoms with Crippen LogP contribution in [0.25, 0.3) is 0 Å². The first-order valence-electron chi connectivity index (χ1n) is 23.5. The minimum absolute atomic E-state index is 0.120. The standard InChI is InChI=1S/C51H69N3O9/c1-4-7-10-13-16-19-22-25-46(55)58-40-28-34-43(35-29-40)61-49-52-50(62-44-36-30-41(31-37-44)59-47(56)26-23-20-17-14-11-8-5-2)54-51(53-49)63-45-38-32-42(33-39-45)60-48(57)27-24-21-18-15-12-9-6-3/h28-39H,4-27H2,1-3H3. The molecule has 0 radical (unpaired) electrons. The molecule has 0 saturated carbocycles. The molecular formula is C51H69N3O9. The molecule has 4 aromatic rings. The highest BCUT2D eigenvalue weighted by molar-refractivity contribution is 5.73. The zero-order chi connectivity index (χ0) is 44.7. The molecule has 0 aliphatic rings. The Balaban J connectivity index is 1.36. The van der Waals surface area contributed by atoms with Gasteiger partial charge >= 0.3 is 35.9 Å². The van der Waals surface area contributed by atoms with E-state index in [1.807, 2.05) is 0 Å². The Labute approximate surface area is 374 Å². The van der Waals surface area contributed by atoms with Gasteiger partial charge in [-0.25, -0.2) is 0 Å². The molecule has 0 spiro atoms. The maximum absolute atomic E-state index is 12.4. The number of carbonyl (C=O) groups is 3. The lowest BCUT2D eigenvalue weighted by molar-refractivity contribution is -0.135. The molecule has 63 heavy (non-hydrogen) atoms. The summed E-state index contributed by atoms with van der Waals surface area (Å²) in [6.07, 6.45) is 24.6. The normalized spacial score (nSPS) is 10.9. The number of ether oxygens (including phenoxy) is 6. The lowest BCUT2D eigenvalue weighted by Gasteiger charge is -2.11. The molecule has 0 fully saturated rings. The summed E-state index contributed by atoms with van der Waals surface area (Å²) in [5.74, 6) is 1.49. The third-order valence-electron chi connectivity index (χ3n) is 10.3. The maximum atomic E-state index is 12.4. The summed E-state index contributed by atoms with van der Waals surface area (Å²) in [6.45, 7) is 6.59. The molecule has 4 rings (SSSR count). The van der Waals surface area contributed by atoms with Crippen molar-refractivity contribution in [3.63, 3.8) is 0 Å². The van der Waals surface area contributed by atoms with Crippen LogP contribution in [0.2, 0.25) is 0 Å². The number of rotatable bonds is 33. The largest absolute Gasteiger partial charge is 0.427 e. The van der Waals surface area contributed by atoms with Gasteiger partial charge in [0.05, 0.1) is 0 Å². The number of nitrogens with zero attached hydrogens (tertiary/aromatic N) is 3. The average Bonchev–Trinajstić information content (AvgIpc) is 3.27. The SMILES string of the molecule is CCCCCCCCCC(=O)Oc1ccc(Oc2nc(Oc3ccc(OC(=O)CCCCCCCCC)cc3)nc(Oc3ccc(OC(=O)CCCCCCCCC)cc3)n2)cc1. The van der Waals surface area contributed by atoms with Crippen molar-refractivity contribution in [1.29, 1.82) is 0 Å². The van der Waals surface area contributed by atoms with E-state index in [1.54, 1.807) is 72.8 Å². The fraction of sp³-hybridized carbons (Fsp3) is 0.529.